The van der Waals surface area contributed by atoms with Gasteiger partial charge in [-0.25, -0.2) is 12.8 Å². The quantitative estimate of drug-likeness (QED) is 0.839. The number of sulfonamides is 1. The van der Waals surface area contributed by atoms with E-state index >= 15 is 0 Å². The SMILES string of the molecule is CNCCC1CCN(S(=O)(=O)c2ccc(OC)c(F)c2)CC1.Cl. The minimum absolute atomic E-state index is 0. The van der Waals surface area contributed by atoms with E-state index in [1.54, 1.807) is 0 Å². The Hall–Kier alpha value is -0.890. The summed E-state index contributed by atoms with van der Waals surface area (Å²) in [6.45, 7) is 1.93. The van der Waals surface area contributed by atoms with Gasteiger partial charge in [0.2, 0.25) is 10.0 Å². The molecule has 0 aromatic heterocycles. The molecule has 132 valence electrons. The monoisotopic (exact) mass is 366 g/mol. The molecule has 8 heteroatoms. The molecule has 0 radical (unpaired) electrons. The first-order valence-corrected chi connectivity index (χ1v) is 8.91. The van der Waals surface area contributed by atoms with Crippen molar-refractivity contribution in [3.63, 3.8) is 0 Å². The van der Waals surface area contributed by atoms with Crippen LogP contribution in [0.3, 0.4) is 0 Å². The molecule has 1 N–H and O–H groups in total. The summed E-state index contributed by atoms with van der Waals surface area (Å²) in [5.41, 5.74) is 0. The molecule has 1 fully saturated rings. The number of halogens is 2. The van der Waals surface area contributed by atoms with Crippen molar-refractivity contribution in [2.75, 3.05) is 33.8 Å². The lowest BCUT2D eigenvalue weighted by molar-refractivity contribution is 0.263. The molecule has 1 aliphatic heterocycles. The average Bonchev–Trinajstić information content (AvgIpc) is 2.53. The van der Waals surface area contributed by atoms with Crippen molar-refractivity contribution >= 4 is 22.4 Å². The molecule has 0 saturated carbocycles. The number of methoxy groups -OCH3 is 1. The van der Waals surface area contributed by atoms with Crippen LogP contribution in [-0.2, 0) is 10.0 Å². The third kappa shape index (κ3) is 4.79. The van der Waals surface area contributed by atoms with Gasteiger partial charge in [0.25, 0.3) is 0 Å². The molecule has 0 atom stereocenters. The zero-order valence-corrected chi connectivity index (χ0v) is 15.1. The summed E-state index contributed by atoms with van der Waals surface area (Å²) >= 11 is 0. The molecule has 5 nitrogen and oxygen atoms in total. The van der Waals surface area contributed by atoms with Crippen LogP contribution in [0.5, 0.6) is 5.75 Å². The molecule has 1 heterocycles. The van der Waals surface area contributed by atoms with E-state index in [1.807, 2.05) is 7.05 Å². The zero-order chi connectivity index (χ0) is 16.2. The van der Waals surface area contributed by atoms with Gasteiger partial charge in [-0.2, -0.15) is 4.31 Å². The molecule has 23 heavy (non-hydrogen) atoms. The Morgan fingerprint density at radius 1 is 1.35 bits per heavy atom. The predicted octanol–water partition coefficient (Wildman–Crippen LogP) is 2.27. The third-order valence-electron chi connectivity index (χ3n) is 4.14. The number of hydrogen-bond acceptors (Lipinski definition) is 4. The van der Waals surface area contributed by atoms with Crippen LogP contribution in [0, 0.1) is 11.7 Å². The first kappa shape index (κ1) is 20.2. The lowest BCUT2D eigenvalue weighted by Crippen LogP contribution is -2.38. The minimum Gasteiger partial charge on any atom is -0.494 e. The van der Waals surface area contributed by atoms with Gasteiger partial charge in [0.15, 0.2) is 11.6 Å². The summed E-state index contributed by atoms with van der Waals surface area (Å²) in [4.78, 5) is -0.0144. The summed E-state index contributed by atoms with van der Waals surface area (Å²) in [5, 5.41) is 3.11. The van der Waals surface area contributed by atoms with E-state index < -0.39 is 15.8 Å². The number of piperidine rings is 1. The zero-order valence-electron chi connectivity index (χ0n) is 13.4. The summed E-state index contributed by atoms with van der Waals surface area (Å²) < 4.78 is 45.1. The third-order valence-corrected chi connectivity index (χ3v) is 6.03. The van der Waals surface area contributed by atoms with Crippen LogP contribution in [0.25, 0.3) is 0 Å². The maximum absolute atomic E-state index is 13.7. The molecule has 0 aliphatic carbocycles. The maximum Gasteiger partial charge on any atom is 0.243 e. The Kier molecular flexibility index (Phi) is 7.73. The molecule has 0 bridgehead atoms. The Bertz CT molecular complexity index is 605. The summed E-state index contributed by atoms with van der Waals surface area (Å²) in [6, 6.07) is 3.77. The van der Waals surface area contributed by atoms with Gasteiger partial charge in [0, 0.05) is 13.1 Å². The normalized spacial score (nSPS) is 16.8. The van der Waals surface area contributed by atoms with E-state index in [-0.39, 0.29) is 23.1 Å². The summed E-state index contributed by atoms with van der Waals surface area (Å²) in [6.07, 6.45) is 2.75. The fourth-order valence-electron chi connectivity index (χ4n) is 2.74. The maximum atomic E-state index is 13.7. The molecular formula is C15H24ClFN2O3S. The van der Waals surface area contributed by atoms with Crippen molar-refractivity contribution in [1.82, 2.24) is 9.62 Å². The second-order valence-corrected chi connectivity index (χ2v) is 7.47. The molecule has 1 saturated heterocycles. The number of benzene rings is 1. The highest BCUT2D eigenvalue weighted by Gasteiger charge is 2.29. The van der Waals surface area contributed by atoms with Crippen LogP contribution < -0.4 is 10.1 Å². The van der Waals surface area contributed by atoms with E-state index in [0.29, 0.717) is 19.0 Å². The van der Waals surface area contributed by atoms with Crippen LogP contribution in [0.4, 0.5) is 4.39 Å². The van der Waals surface area contributed by atoms with Gasteiger partial charge in [-0.1, -0.05) is 0 Å². The topological polar surface area (TPSA) is 58.6 Å². The van der Waals surface area contributed by atoms with Crippen LogP contribution in [0.1, 0.15) is 19.3 Å². The van der Waals surface area contributed by atoms with Crippen LogP contribution >= 0.6 is 12.4 Å². The lowest BCUT2D eigenvalue weighted by Gasteiger charge is -2.31. The van der Waals surface area contributed by atoms with Crippen molar-refractivity contribution in [3.8, 4) is 5.75 Å². The number of hydrogen-bond donors (Lipinski definition) is 1. The molecule has 1 aliphatic rings. The van der Waals surface area contributed by atoms with Crippen molar-refractivity contribution < 1.29 is 17.5 Å². The second-order valence-electron chi connectivity index (χ2n) is 5.54. The number of nitrogens with one attached hydrogen (secondary N) is 1. The van der Waals surface area contributed by atoms with E-state index in [0.717, 1.165) is 31.9 Å². The van der Waals surface area contributed by atoms with Crippen LogP contribution in [-0.4, -0.2) is 46.5 Å². The van der Waals surface area contributed by atoms with Gasteiger partial charge in [-0.05, 0) is 57.0 Å². The van der Waals surface area contributed by atoms with E-state index in [2.05, 4.69) is 5.32 Å². The highest BCUT2D eigenvalue weighted by atomic mass is 35.5. The fraction of sp³-hybridized carbons (Fsp3) is 0.600. The molecule has 0 spiro atoms. The van der Waals surface area contributed by atoms with Gasteiger partial charge in [-0.15, -0.1) is 12.4 Å². The second kappa shape index (κ2) is 8.82. The number of ether oxygens (including phenoxy) is 1. The van der Waals surface area contributed by atoms with Crippen molar-refractivity contribution in [1.29, 1.82) is 0 Å². The van der Waals surface area contributed by atoms with Crippen molar-refractivity contribution in [2.24, 2.45) is 5.92 Å². The van der Waals surface area contributed by atoms with Gasteiger partial charge in [-0.3, -0.25) is 0 Å². The molecule has 1 aromatic rings. The molecule has 2 rings (SSSR count). The Morgan fingerprint density at radius 2 is 2.00 bits per heavy atom. The summed E-state index contributed by atoms with van der Waals surface area (Å²) in [7, 11) is -0.367. The van der Waals surface area contributed by atoms with E-state index in [9.17, 15) is 12.8 Å². The first-order valence-electron chi connectivity index (χ1n) is 7.47. The largest absolute Gasteiger partial charge is 0.494 e. The Balaban J connectivity index is 0.00000264. The Labute approximate surface area is 143 Å². The fourth-order valence-corrected chi connectivity index (χ4v) is 4.23. The van der Waals surface area contributed by atoms with Crippen molar-refractivity contribution in [2.45, 2.75) is 24.2 Å². The van der Waals surface area contributed by atoms with Crippen molar-refractivity contribution in [3.05, 3.63) is 24.0 Å². The first-order chi connectivity index (χ1) is 10.5. The van der Waals surface area contributed by atoms with Gasteiger partial charge >= 0.3 is 0 Å². The van der Waals surface area contributed by atoms with E-state index in [1.165, 1.54) is 23.5 Å². The Morgan fingerprint density at radius 3 is 2.52 bits per heavy atom. The van der Waals surface area contributed by atoms with Gasteiger partial charge in [0.05, 0.1) is 12.0 Å². The number of rotatable bonds is 6. The van der Waals surface area contributed by atoms with Crippen LogP contribution in [0.15, 0.2) is 23.1 Å². The smallest absolute Gasteiger partial charge is 0.243 e. The molecule has 0 unspecified atom stereocenters. The van der Waals surface area contributed by atoms with E-state index in [4.69, 9.17) is 4.74 Å². The molecular weight excluding hydrogens is 343 g/mol. The predicted molar refractivity (Wildman–Crippen MR) is 90.2 cm³/mol. The number of nitrogens with zero attached hydrogens (tertiary/aromatic N) is 1. The lowest BCUT2D eigenvalue weighted by atomic mass is 9.95. The standard InChI is InChI=1S/C15H23FN2O3S.ClH/c1-17-8-5-12-6-9-18(10-7-12)22(19,20)13-3-4-15(21-2)14(16)11-13;/h3-4,11-12,17H,5-10H2,1-2H3;1H. The highest BCUT2D eigenvalue weighted by Crippen LogP contribution is 2.27. The average molecular weight is 367 g/mol. The van der Waals surface area contributed by atoms with Crippen LogP contribution in [0.2, 0.25) is 0 Å². The van der Waals surface area contributed by atoms with Gasteiger partial charge in [0.1, 0.15) is 0 Å². The molecule has 1 aromatic carbocycles. The molecule has 0 amide bonds. The minimum atomic E-state index is -3.63. The van der Waals surface area contributed by atoms with Gasteiger partial charge < -0.3 is 10.1 Å². The highest BCUT2D eigenvalue weighted by molar-refractivity contribution is 7.89. The summed E-state index contributed by atoms with van der Waals surface area (Å²) in [5.74, 6) is -0.0660.